The molecule has 0 bridgehead atoms. The van der Waals surface area contributed by atoms with E-state index in [0.717, 1.165) is 50.1 Å². The molecule has 5 rings (SSSR count). The SMILES string of the molecule is CC(C)(C)C1CCC1.CC(C)(C)CC1(C)COC1.CC(C)(C)CC1CC1.CC(C)(C)CC1CCC1.CC(C)(C)CC1COC1. The van der Waals surface area contributed by atoms with E-state index in [1.807, 2.05) is 0 Å². The quantitative estimate of drug-likeness (QED) is 0.311. The van der Waals surface area contributed by atoms with Crippen LogP contribution in [0.3, 0.4) is 0 Å². The molecule has 5 fully saturated rings. The van der Waals surface area contributed by atoms with Crippen molar-refractivity contribution in [3.63, 3.8) is 0 Å². The molecule has 0 aromatic carbocycles. The topological polar surface area (TPSA) is 18.5 Å². The summed E-state index contributed by atoms with van der Waals surface area (Å²) in [7, 11) is 0. The Hall–Kier alpha value is -0.0800. The number of ether oxygens (including phenoxy) is 2. The van der Waals surface area contributed by atoms with Gasteiger partial charge in [-0.25, -0.2) is 0 Å². The van der Waals surface area contributed by atoms with E-state index >= 15 is 0 Å². The second kappa shape index (κ2) is 17.4. The van der Waals surface area contributed by atoms with Crippen molar-refractivity contribution >= 4 is 0 Å². The summed E-state index contributed by atoms with van der Waals surface area (Å²) in [6.07, 6.45) is 17.4. The van der Waals surface area contributed by atoms with Crippen molar-refractivity contribution < 1.29 is 9.47 Å². The molecule has 0 unspecified atom stereocenters. The van der Waals surface area contributed by atoms with Gasteiger partial charge in [0.05, 0.1) is 26.4 Å². The minimum absolute atomic E-state index is 0.457. The van der Waals surface area contributed by atoms with Crippen molar-refractivity contribution in [2.75, 3.05) is 26.4 Å². The first-order valence-corrected chi connectivity index (χ1v) is 18.9. The van der Waals surface area contributed by atoms with Crippen molar-refractivity contribution in [1.82, 2.24) is 0 Å². The van der Waals surface area contributed by atoms with Gasteiger partial charge in [-0.15, -0.1) is 0 Å². The summed E-state index contributed by atoms with van der Waals surface area (Å²) in [5.41, 5.74) is 3.19. The second-order valence-electron chi connectivity index (χ2n) is 22.0. The Morgan fingerprint density at radius 3 is 0.932 bits per heavy atom. The Kier molecular flexibility index (Phi) is 16.5. The van der Waals surface area contributed by atoms with Crippen molar-refractivity contribution in [1.29, 1.82) is 0 Å². The maximum atomic E-state index is 5.18. The predicted molar refractivity (Wildman–Crippen MR) is 196 cm³/mol. The smallest absolute Gasteiger partial charge is 0.0542 e. The first-order valence-electron chi connectivity index (χ1n) is 18.9. The lowest BCUT2D eigenvalue weighted by molar-refractivity contribution is -0.119. The van der Waals surface area contributed by atoms with Crippen LogP contribution in [0, 0.1) is 56.2 Å². The van der Waals surface area contributed by atoms with Crippen LogP contribution in [0.1, 0.15) is 188 Å². The van der Waals surface area contributed by atoms with Gasteiger partial charge >= 0.3 is 0 Å². The molecule has 2 heteroatoms. The van der Waals surface area contributed by atoms with Gasteiger partial charge in [-0.2, -0.15) is 0 Å². The molecule has 2 saturated heterocycles. The number of hydrogen-bond donors (Lipinski definition) is 0. The lowest BCUT2D eigenvalue weighted by Crippen LogP contribution is -2.42. The molecule has 2 aliphatic heterocycles. The molecule has 5 aliphatic rings. The molecule has 0 atom stereocenters. The van der Waals surface area contributed by atoms with Crippen LogP contribution in [0.2, 0.25) is 0 Å². The molecule has 44 heavy (non-hydrogen) atoms. The van der Waals surface area contributed by atoms with Gasteiger partial charge in [0.1, 0.15) is 0 Å². The van der Waals surface area contributed by atoms with Crippen LogP contribution in [-0.2, 0) is 9.47 Å². The molecule has 0 N–H and O–H groups in total. The highest BCUT2D eigenvalue weighted by atomic mass is 16.5. The van der Waals surface area contributed by atoms with Crippen LogP contribution in [0.4, 0.5) is 0 Å². The van der Waals surface area contributed by atoms with Crippen molar-refractivity contribution in [2.24, 2.45) is 56.2 Å². The van der Waals surface area contributed by atoms with Crippen molar-refractivity contribution in [3.05, 3.63) is 0 Å². The zero-order chi connectivity index (χ0) is 34.0. The normalized spacial score (nSPS) is 22.4. The van der Waals surface area contributed by atoms with E-state index in [1.165, 1.54) is 77.0 Å². The molecular formula is C42H84O2. The van der Waals surface area contributed by atoms with Gasteiger partial charge in [-0.3, -0.25) is 0 Å². The van der Waals surface area contributed by atoms with E-state index in [-0.39, 0.29) is 0 Å². The van der Waals surface area contributed by atoms with Gasteiger partial charge in [0.25, 0.3) is 0 Å². The van der Waals surface area contributed by atoms with E-state index in [1.54, 1.807) is 0 Å². The molecule has 2 heterocycles. The Morgan fingerprint density at radius 2 is 0.864 bits per heavy atom. The Balaban J connectivity index is 0.000000276. The monoisotopic (exact) mass is 621 g/mol. The predicted octanol–water partition coefficient (Wildman–Crippen LogP) is 13.4. The van der Waals surface area contributed by atoms with Crippen molar-refractivity contribution in [2.45, 2.75) is 188 Å². The molecule has 3 saturated carbocycles. The first kappa shape index (κ1) is 41.9. The Labute approximate surface area is 279 Å². The maximum Gasteiger partial charge on any atom is 0.0542 e. The average molecular weight is 621 g/mol. The van der Waals surface area contributed by atoms with Crippen molar-refractivity contribution in [3.8, 4) is 0 Å². The molecule has 0 radical (unpaired) electrons. The van der Waals surface area contributed by atoms with E-state index < -0.39 is 0 Å². The fraction of sp³-hybridized carbons (Fsp3) is 1.00. The Morgan fingerprint density at radius 1 is 0.477 bits per heavy atom. The van der Waals surface area contributed by atoms with Crippen LogP contribution >= 0.6 is 0 Å². The molecular weight excluding hydrogens is 536 g/mol. The van der Waals surface area contributed by atoms with Crippen LogP contribution in [0.25, 0.3) is 0 Å². The summed E-state index contributed by atoms with van der Waals surface area (Å²) in [6.45, 7) is 41.0. The highest BCUT2D eigenvalue weighted by Crippen LogP contribution is 2.41. The molecule has 2 nitrogen and oxygen atoms in total. The van der Waals surface area contributed by atoms with E-state index in [0.29, 0.717) is 32.5 Å². The van der Waals surface area contributed by atoms with Crippen LogP contribution in [-0.4, -0.2) is 26.4 Å². The minimum Gasteiger partial charge on any atom is -0.381 e. The molecule has 264 valence electrons. The third-order valence-corrected chi connectivity index (χ3v) is 9.52. The molecule has 0 spiro atoms. The zero-order valence-electron chi connectivity index (χ0n) is 33.4. The summed E-state index contributed by atoms with van der Waals surface area (Å²) in [4.78, 5) is 0. The third-order valence-electron chi connectivity index (χ3n) is 9.52. The standard InChI is InChI=1S/C9H18O.C9H18.C8H16O.2C8H16/c1-8(2,3)5-9(4)6-10-7-9;1-9(2,3)7-8-5-4-6-8;1-8(2,3)4-7-5-9-6-7;1-8(2,3)6-7-4-5-7;1-8(2,3)7-5-4-6-7/h5-7H2,1-4H3;8H,4-7H2,1-3H3;7H,4-6H2,1-3H3;2*7H,4-6H2,1-3H3. The van der Waals surface area contributed by atoms with Gasteiger partial charge in [-0.05, 0) is 83.4 Å². The van der Waals surface area contributed by atoms with Crippen LogP contribution < -0.4 is 0 Å². The summed E-state index contributed by atoms with van der Waals surface area (Å²) in [6, 6.07) is 0. The molecule has 0 aromatic heterocycles. The van der Waals surface area contributed by atoms with Gasteiger partial charge in [0.15, 0.2) is 0 Å². The minimum atomic E-state index is 0.457. The Bertz CT molecular complexity index is 714. The second-order valence-corrected chi connectivity index (χ2v) is 22.0. The van der Waals surface area contributed by atoms with E-state index in [9.17, 15) is 0 Å². The maximum absolute atomic E-state index is 5.18. The summed E-state index contributed by atoms with van der Waals surface area (Å²) >= 11 is 0. The lowest BCUT2D eigenvalue weighted by atomic mass is 9.69. The highest BCUT2D eigenvalue weighted by Gasteiger charge is 2.36. The highest BCUT2D eigenvalue weighted by molar-refractivity contribution is 4.85. The summed E-state index contributed by atoms with van der Waals surface area (Å²) in [5, 5.41) is 0. The van der Waals surface area contributed by atoms with Crippen LogP contribution in [0.15, 0.2) is 0 Å². The number of rotatable bonds is 4. The summed E-state index contributed by atoms with van der Waals surface area (Å²) in [5.74, 6) is 4.05. The first-order chi connectivity index (χ1) is 19.8. The molecule has 0 amide bonds. The lowest BCUT2D eigenvalue weighted by Gasteiger charge is -2.42. The zero-order valence-corrected chi connectivity index (χ0v) is 33.4. The third kappa shape index (κ3) is 22.4. The van der Waals surface area contributed by atoms with Crippen LogP contribution in [0.5, 0.6) is 0 Å². The van der Waals surface area contributed by atoms with Gasteiger partial charge in [0, 0.05) is 11.3 Å². The largest absolute Gasteiger partial charge is 0.381 e. The molecule has 0 aromatic rings. The fourth-order valence-corrected chi connectivity index (χ4v) is 7.13. The fourth-order valence-electron chi connectivity index (χ4n) is 7.13. The van der Waals surface area contributed by atoms with Gasteiger partial charge in [-0.1, -0.05) is 149 Å². The van der Waals surface area contributed by atoms with E-state index in [4.69, 9.17) is 9.47 Å². The molecule has 3 aliphatic carbocycles. The van der Waals surface area contributed by atoms with Gasteiger partial charge in [0.2, 0.25) is 0 Å². The van der Waals surface area contributed by atoms with E-state index in [2.05, 4.69) is 111 Å². The summed E-state index contributed by atoms with van der Waals surface area (Å²) < 4.78 is 10.3. The van der Waals surface area contributed by atoms with Gasteiger partial charge < -0.3 is 9.47 Å². The average Bonchev–Trinajstić information content (AvgIpc) is 3.46. The number of hydrogen-bond acceptors (Lipinski definition) is 2.